The zero-order chi connectivity index (χ0) is 22.7. The van der Waals surface area contributed by atoms with Gasteiger partial charge in [-0.2, -0.15) is 18.3 Å². The zero-order valence-electron chi connectivity index (χ0n) is 17.4. The van der Waals surface area contributed by atoms with Crippen molar-refractivity contribution in [1.82, 2.24) is 25.3 Å². The molecule has 0 aliphatic carbocycles. The van der Waals surface area contributed by atoms with E-state index in [-0.39, 0.29) is 17.7 Å². The summed E-state index contributed by atoms with van der Waals surface area (Å²) in [6.45, 7) is 3.60. The Kier molecular flexibility index (Phi) is 6.15. The van der Waals surface area contributed by atoms with Crippen molar-refractivity contribution < 1.29 is 22.4 Å². The van der Waals surface area contributed by atoms with Crippen LogP contribution in [0.1, 0.15) is 37.4 Å². The van der Waals surface area contributed by atoms with E-state index in [9.17, 15) is 18.0 Å². The molecule has 0 radical (unpaired) electrons. The summed E-state index contributed by atoms with van der Waals surface area (Å²) in [5.41, 5.74) is 2.04. The molecule has 170 valence electrons. The summed E-state index contributed by atoms with van der Waals surface area (Å²) >= 11 is 0. The van der Waals surface area contributed by atoms with E-state index in [1.54, 1.807) is 0 Å². The highest BCUT2D eigenvalue weighted by molar-refractivity contribution is 5.80. The first kappa shape index (κ1) is 21.8. The molecule has 1 saturated heterocycles. The quantitative estimate of drug-likeness (QED) is 0.624. The molecule has 1 fully saturated rings. The predicted octanol–water partition coefficient (Wildman–Crippen LogP) is 4.17. The van der Waals surface area contributed by atoms with Crippen LogP contribution in [-0.4, -0.2) is 32.4 Å². The number of amides is 1. The number of benzene rings is 1. The van der Waals surface area contributed by atoms with Gasteiger partial charge in [0.2, 0.25) is 12.3 Å². The minimum Gasteiger partial charge on any atom is -0.422 e. The van der Waals surface area contributed by atoms with Gasteiger partial charge in [-0.1, -0.05) is 6.92 Å². The second kappa shape index (κ2) is 9.01. The third kappa shape index (κ3) is 4.76. The summed E-state index contributed by atoms with van der Waals surface area (Å²) in [6.07, 6.45) is 0.747. The number of halogens is 3. The van der Waals surface area contributed by atoms with E-state index in [1.165, 1.54) is 18.5 Å². The van der Waals surface area contributed by atoms with Crippen LogP contribution in [0.25, 0.3) is 11.6 Å². The molecular weight excluding hydrogens is 425 g/mol. The average Bonchev–Trinajstić information content (AvgIpc) is 3.50. The van der Waals surface area contributed by atoms with Crippen LogP contribution in [-0.2, 0) is 23.9 Å². The van der Waals surface area contributed by atoms with Gasteiger partial charge >= 0.3 is 6.18 Å². The van der Waals surface area contributed by atoms with Gasteiger partial charge in [0.15, 0.2) is 5.69 Å². The molecule has 32 heavy (non-hydrogen) atoms. The number of aromatic nitrogens is 4. The Morgan fingerprint density at radius 1 is 1.22 bits per heavy atom. The second-order valence-electron chi connectivity index (χ2n) is 7.78. The molecule has 2 aromatic heterocycles. The van der Waals surface area contributed by atoms with Crippen LogP contribution in [0.4, 0.5) is 24.5 Å². The number of nitrogens with one attached hydrogen (secondary N) is 2. The van der Waals surface area contributed by atoms with Crippen molar-refractivity contribution in [3.63, 3.8) is 0 Å². The van der Waals surface area contributed by atoms with E-state index < -0.39 is 11.7 Å². The average molecular weight is 448 g/mol. The Labute approximate surface area is 182 Å². The molecule has 8 nitrogen and oxygen atoms in total. The lowest BCUT2D eigenvalue weighted by molar-refractivity contribution is -0.137. The first-order valence-corrected chi connectivity index (χ1v) is 10.4. The van der Waals surface area contributed by atoms with E-state index in [1.807, 2.05) is 11.6 Å². The van der Waals surface area contributed by atoms with Gasteiger partial charge in [-0.3, -0.25) is 9.48 Å². The fourth-order valence-corrected chi connectivity index (χ4v) is 3.65. The number of alkyl halides is 3. The lowest BCUT2D eigenvalue weighted by Crippen LogP contribution is -2.16. The van der Waals surface area contributed by atoms with Crippen LogP contribution in [0.15, 0.2) is 35.1 Å². The number of nitrogens with zero attached hydrogens (tertiary/aromatic N) is 4. The van der Waals surface area contributed by atoms with Gasteiger partial charge in [0.25, 0.3) is 5.89 Å². The molecular formula is C21H23F3N6O2. The highest BCUT2D eigenvalue weighted by Gasteiger charge is 2.30. The maximum Gasteiger partial charge on any atom is 0.416 e. The number of fused-ring (bicyclic) bond motifs is 1. The number of rotatable bonds is 3. The molecule has 0 bridgehead atoms. The topological polar surface area (TPSA) is 97.9 Å². The van der Waals surface area contributed by atoms with Gasteiger partial charge in [-0.15, -0.1) is 10.2 Å². The molecule has 0 spiro atoms. The van der Waals surface area contributed by atoms with E-state index in [0.29, 0.717) is 17.1 Å². The molecule has 2 N–H and O–H groups in total. The van der Waals surface area contributed by atoms with Crippen molar-refractivity contribution in [2.45, 2.75) is 45.3 Å². The summed E-state index contributed by atoms with van der Waals surface area (Å²) in [6, 6.07) is 4.88. The van der Waals surface area contributed by atoms with Gasteiger partial charge in [0.05, 0.1) is 16.9 Å². The van der Waals surface area contributed by atoms with E-state index >= 15 is 0 Å². The predicted molar refractivity (Wildman–Crippen MR) is 110 cm³/mol. The molecule has 5 rings (SSSR count). The summed E-state index contributed by atoms with van der Waals surface area (Å²) in [5, 5.41) is 18.0. The number of aryl methyl sites for hydroxylation is 1. The SMILES string of the molecule is CC1CCNC1=O.FC(F)(F)c1ccc(Nc2c(-c3nnco3)nn3c2CCCC3)cc1. The molecule has 1 unspecified atom stereocenters. The summed E-state index contributed by atoms with van der Waals surface area (Å²) in [4.78, 5) is 10.5. The van der Waals surface area contributed by atoms with Gasteiger partial charge < -0.3 is 15.1 Å². The molecule has 4 heterocycles. The van der Waals surface area contributed by atoms with Gasteiger partial charge in [0.1, 0.15) is 0 Å². The minimum absolute atomic E-state index is 0.208. The highest BCUT2D eigenvalue weighted by atomic mass is 19.4. The molecule has 1 amide bonds. The fourth-order valence-electron chi connectivity index (χ4n) is 3.65. The van der Waals surface area contributed by atoms with Crippen LogP contribution in [0, 0.1) is 5.92 Å². The van der Waals surface area contributed by atoms with Crippen molar-refractivity contribution >= 4 is 17.3 Å². The Morgan fingerprint density at radius 3 is 2.56 bits per heavy atom. The third-order valence-corrected chi connectivity index (χ3v) is 5.46. The zero-order valence-corrected chi connectivity index (χ0v) is 17.4. The molecule has 2 aliphatic rings. The molecule has 0 saturated carbocycles. The number of hydrogen-bond donors (Lipinski definition) is 2. The molecule has 1 aromatic carbocycles. The first-order valence-electron chi connectivity index (χ1n) is 10.4. The Balaban J connectivity index is 0.000000300. The number of carbonyl (C=O) groups excluding carboxylic acids is 1. The smallest absolute Gasteiger partial charge is 0.416 e. The normalized spacial score (nSPS) is 17.9. The van der Waals surface area contributed by atoms with Crippen molar-refractivity contribution in [2.24, 2.45) is 5.92 Å². The minimum atomic E-state index is -4.36. The van der Waals surface area contributed by atoms with E-state index in [4.69, 9.17) is 4.42 Å². The number of hydrogen-bond acceptors (Lipinski definition) is 6. The number of carbonyl (C=O) groups is 1. The van der Waals surface area contributed by atoms with Crippen molar-refractivity contribution in [1.29, 1.82) is 0 Å². The molecule has 11 heteroatoms. The molecule has 1 atom stereocenters. The standard InChI is InChI=1S/C16H14F3N5O.C5H9NO/c17-16(18,19)10-4-6-11(7-5-10)21-13-12-3-1-2-8-24(12)23-14(13)15-22-20-9-25-15;1-4-2-3-6-5(4)7/h4-7,9,21H,1-3,8H2;4H,2-3H2,1H3,(H,6,7). The highest BCUT2D eigenvalue weighted by Crippen LogP contribution is 2.36. The number of anilines is 2. The maximum atomic E-state index is 12.7. The Bertz CT molecular complexity index is 1060. The maximum absolute atomic E-state index is 12.7. The lowest BCUT2D eigenvalue weighted by atomic mass is 10.1. The van der Waals surface area contributed by atoms with Crippen LogP contribution < -0.4 is 10.6 Å². The Morgan fingerprint density at radius 2 is 2.00 bits per heavy atom. The monoisotopic (exact) mass is 448 g/mol. The summed E-state index contributed by atoms with van der Waals surface area (Å²) in [5.74, 6) is 0.747. The van der Waals surface area contributed by atoms with E-state index in [2.05, 4.69) is 25.9 Å². The van der Waals surface area contributed by atoms with Crippen LogP contribution >= 0.6 is 0 Å². The summed E-state index contributed by atoms with van der Waals surface area (Å²) < 4.78 is 45.3. The van der Waals surface area contributed by atoms with Gasteiger partial charge in [-0.25, -0.2) is 0 Å². The lowest BCUT2D eigenvalue weighted by Gasteiger charge is -2.15. The van der Waals surface area contributed by atoms with Gasteiger partial charge in [-0.05, 0) is 49.9 Å². The van der Waals surface area contributed by atoms with Gasteiger partial charge in [0, 0.05) is 24.7 Å². The van der Waals surface area contributed by atoms with Crippen molar-refractivity contribution in [2.75, 3.05) is 11.9 Å². The Hall–Kier alpha value is -3.37. The van der Waals surface area contributed by atoms with Crippen LogP contribution in [0.3, 0.4) is 0 Å². The fraction of sp³-hybridized carbons (Fsp3) is 0.429. The van der Waals surface area contributed by atoms with Crippen molar-refractivity contribution in [3.8, 4) is 11.6 Å². The third-order valence-electron chi connectivity index (χ3n) is 5.46. The molecule has 3 aromatic rings. The second-order valence-corrected chi connectivity index (χ2v) is 7.78. The van der Waals surface area contributed by atoms with Crippen molar-refractivity contribution in [3.05, 3.63) is 41.9 Å². The first-order chi connectivity index (χ1) is 15.3. The van der Waals surface area contributed by atoms with E-state index in [0.717, 1.165) is 56.6 Å². The molecule has 2 aliphatic heterocycles. The largest absolute Gasteiger partial charge is 0.422 e. The van der Waals surface area contributed by atoms with Crippen LogP contribution in [0.2, 0.25) is 0 Å². The van der Waals surface area contributed by atoms with Crippen LogP contribution in [0.5, 0.6) is 0 Å². The summed E-state index contributed by atoms with van der Waals surface area (Å²) in [7, 11) is 0.